The first kappa shape index (κ1) is 14.0. The van der Waals surface area contributed by atoms with E-state index >= 15 is 0 Å². The molecule has 1 aromatic heterocycles. The lowest BCUT2D eigenvalue weighted by Crippen LogP contribution is -2.43. The number of thioether (sulfide) groups is 1. The molecule has 2 heterocycles. The van der Waals surface area contributed by atoms with Gasteiger partial charge in [-0.3, -0.25) is 9.69 Å². The average molecular weight is 294 g/mol. The predicted octanol–water partition coefficient (Wildman–Crippen LogP) is 2.29. The summed E-state index contributed by atoms with van der Waals surface area (Å²) in [5, 5.41) is 3.12. The summed E-state index contributed by atoms with van der Waals surface area (Å²) in [6, 6.07) is 4.12. The molecule has 1 atom stereocenters. The van der Waals surface area contributed by atoms with Gasteiger partial charge in [0, 0.05) is 37.1 Å². The van der Waals surface area contributed by atoms with E-state index in [1.54, 1.807) is 6.26 Å². The maximum atomic E-state index is 12.0. The molecular formula is C15H22N2O2S. The Hall–Kier alpha value is -0.940. The summed E-state index contributed by atoms with van der Waals surface area (Å²) in [7, 11) is 0. The molecule has 0 aromatic carbocycles. The van der Waals surface area contributed by atoms with Crippen molar-refractivity contribution >= 4 is 17.7 Å². The monoisotopic (exact) mass is 294 g/mol. The van der Waals surface area contributed by atoms with Gasteiger partial charge in [-0.25, -0.2) is 0 Å². The highest BCUT2D eigenvalue weighted by Crippen LogP contribution is 2.27. The van der Waals surface area contributed by atoms with Crippen molar-refractivity contribution in [3.05, 3.63) is 24.2 Å². The molecule has 1 aliphatic carbocycles. The third kappa shape index (κ3) is 3.20. The van der Waals surface area contributed by atoms with Gasteiger partial charge < -0.3 is 9.73 Å². The number of furan rings is 1. The van der Waals surface area contributed by atoms with Crippen LogP contribution in [0.2, 0.25) is 0 Å². The molecule has 5 heteroatoms. The van der Waals surface area contributed by atoms with Crippen molar-refractivity contribution in [1.29, 1.82) is 0 Å². The highest BCUT2D eigenvalue weighted by atomic mass is 32.2. The molecule has 0 bridgehead atoms. The number of hydrogen-bond acceptors (Lipinski definition) is 4. The van der Waals surface area contributed by atoms with Gasteiger partial charge in [-0.1, -0.05) is 6.42 Å². The van der Waals surface area contributed by atoms with Crippen LogP contribution < -0.4 is 5.32 Å². The molecule has 4 nitrogen and oxygen atoms in total. The fourth-order valence-electron chi connectivity index (χ4n) is 2.79. The minimum Gasteiger partial charge on any atom is -0.468 e. The molecule has 1 aromatic rings. The zero-order valence-corrected chi connectivity index (χ0v) is 12.5. The summed E-state index contributed by atoms with van der Waals surface area (Å²) in [5.74, 6) is 3.76. The average Bonchev–Trinajstić information content (AvgIpc) is 2.92. The van der Waals surface area contributed by atoms with Crippen molar-refractivity contribution in [2.45, 2.75) is 25.3 Å². The minimum atomic E-state index is 0.176. The van der Waals surface area contributed by atoms with Gasteiger partial charge in [0.1, 0.15) is 5.76 Å². The molecule has 0 radical (unpaired) electrons. The SMILES string of the molecule is O=C(NC[C@@H](c1ccco1)N1CCSCC1)C1CCC1. The fraction of sp³-hybridized carbons (Fsp3) is 0.667. The largest absolute Gasteiger partial charge is 0.468 e. The quantitative estimate of drug-likeness (QED) is 0.905. The summed E-state index contributed by atoms with van der Waals surface area (Å²) in [6.07, 6.45) is 5.02. The van der Waals surface area contributed by atoms with Gasteiger partial charge in [-0.15, -0.1) is 0 Å². The van der Waals surface area contributed by atoms with Gasteiger partial charge in [0.25, 0.3) is 0 Å². The van der Waals surface area contributed by atoms with Crippen molar-refractivity contribution in [1.82, 2.24) is 10.2 Å². The first-order chi connectivity index (χ1) is 9.84. The van der Waals surface area contributed by atoms with Gasteiger partial charge in [0.05, 0.1) is 12.3 Å². The zero-order valence-electron chi connectivity index (χ0n) is 11.7. The zero-order chi connectivity index (χ0) is 13.8. The van der Waals surface area contributed by atoms with Gasteiger partial charge in [-0.05, 0) is 25.0 Å². The van der Waals surface area contributed by atoms with Gasteiger partial charge in [0.15, 0.2) is 0 Å². The number of nitrogens with one attached hydrogen (secondary N) is 1. The van der Waals surface area contributed by atoms with Crippen molar-refractivity contribution in [2.75, 3.05) is 31.1 Å². The number of hydrogen-bond donors (Lipinski definition) is 1. The van der Waals surface area contributed by atoms with Crippen LogP contribution in [0, 0.1) is 5.92 Å². The van der Waals surface area contributed by atoms with Crippen molar-refractivity contribution in [3.63, 3.8) is 0 Å². The molecule has 0 spiro atoms. The Morgan fingerprint density at radius 2 is 2.25 bits per heavy atom. The molecule has 3 rings (SSSR count). The molecule has 1 saturated carbocycles. The third-order valence-electron chi connectivity index (χ3n) is 4.30. The van der Waals surface area contributed by atoms with E-state index in [4.69, 9.17) is 4.42 Å². The number of rotatable bonds is 5. The van der Waals surface area contributed by atoms with Crippen LogP contribution in [0.15, 0.2) is 22.8 Å². The topological polar surface area (TPSA) is 45.5 Å². The van der Waals surface area contributed by atoms with E-state index in [1.165, 1.54) is 6.42 Å². The van der Waals surface area contributed by atoms with Gasteiger partial charge in [0.2, 0.25) is 5.91 Å². The van der Waals surface area contributed by atoms with Crippen LogP contribution in [-0.4, -0.2) is 41.9 Å². The molecule has 1 saturated heterocycles. The Labute approximate surface area is 124 Å². The molecule has 20 heavy (non-hydrogen) atoms. The second-order valence-corrected chi connectivity index (χ2v) is 6.78. The fourth-order valence-corrected chi connectivity index (χ4v) is 3.72. The molecule has 110 valence electrons. The predicted molar refractivity (Wildman–Crippen MR) is 80.7 cm³/mol. The lowest BCUT2D eigenvalue weighted by Gasteiger charge is -2.34. The Bertz CT molecular complexity index is 425. The molecule has 1 amide bonds. The molecule has 1 aliphatic heterocycles. The van der Waals surface area contributed by atoms with Crippen molar-refractivity contribution < 1.29 is 9.21 Å². The highest BCUT2D eigenvalue weighted by molar-refractivity contribution is 7.99. The van der Waals surface area contributed by atoms with Crippen LogP contribution >= 0.6 is 11.8 Å². The van der Waals surface area contributed by atoms with Crippen LogP contribution in [0.3, 0.4) is 0 Å². The number of amides is 1. The van der Waals surface area contributed by atoms with E-state index in [9.17, 15) is 4.79 Å². The molecule has 0 unspecified atom stereocenters. The Morgan fingerprint density at radius 1 is 1.45 bits per heavy atom. The third-order valence-corrected chi connectivity index (χ3v) is 5.25. The Kier molecular flexibility index (Phi) is 4.68. The number of carbonyl (C=O) groups is 1. The number of nitrogens with zero attached hydrogens (tertiary/aromatic N) is 1. The van der Waals surface area contributed by atoms with E-state index in [1.807, 2.05) is 23.9 Å². The number of carbonyl (C=O) groups excluding carboxylic acids is 1. The van der Waals surface area contributed by atoms with E-state index < -0.39 is 0 Å². The van der Waals surface area contributed by atoms with E-state index in [0.717, 1.165) is 43.2 Å². The molecule has 1 N–H and O–H groups in total. The summed E-state index contributed by atoms with van der Waals surface area (Å²) in [6.45, 7) is 2.79. The molecular weight excluding hydrogens is 272 g/mol. The molecule has 2 aliphatic rings. The highest BCUT2D eigenvalue weighted by Gasteiger charge is 2.28. The maximum Gasteiger partial charge on any atom is 0.223 e. The standard InChI is InChI=1S/C15H22N2O2S/c18-15(12-3-1-4-12)16-11-13(14-5-2-8-19-14)17-6-9-20-10-7-17/h2,5,8,12-13H,1,3-4,6-7,9-11H2,(H,16,18)/t13-/m0/s1. The van der Waals surface area contributed by atoms with E-state index in [-0.39, 0.29) is 17.9 Å². The van der Waals surface area contributed by atoms with E-state index in [0.29, 0.717) is 6.54 Å². The first-order valence-corrected chi connectivity index (χ1v) is 8.63. The smallest absolute Gasteiger partial charge is 0.223 e. The van der Waals surface area contributed by atoms with Crippen LogP contribution in [-0.2, 0) is 4.79 Å². The van der Waals surface area contributed by atoms with Crippen LogP contribution in [0.4, 0.5) is 0 Å². The maximum absolute atomic E-state index is 12.0. The van der Waals surface area contributed by atoms with Gasteiger partial charge >= 0.3 is 0 Å². The first-order valence-electron chi connectivity index (χ1n) is 7.47. The van der Waals surface area contributed by atoms with Gasteiger partial charge in [-0.2, -0.15) is 11.8 Å². The summed E-state index contributed by atoms with van der Waals surface area (Å²) in [5.41, 5.74) is 0. The van der Waals surface area contributed by atoms with Crippen molar-refractivity contribution in [2.24, 2.45) is 5.92 Å². The summed E-state index contributed by atoms with van der Waals surface area (Å²) in [4.78, 5) is 14.4. The Balaban J connectivity index is 1.61. The molecule has 2 fully saturated rings. The minimum absolute atomic E-state index is 0.176. The summed E-state index contributed by atoms with van der Waals surface area (Å²) < 4.78 is 5.58. The van der Waals surface area contributed by atoms with Crippen molar-refractivity contribution in [3.8, 4) is 0 Å². The van der Waals surface area contributed by atoms with Crippen LogP contribution in [0.1, 0.15) is 31.1 Å². The summed E-state index contributed by atoms with van der Waals surface area (Å²) >= 11 is 2.00. The lowest BCUT2D eigenvalue weighted by molar-refractivity contribution is -0.127. The lowest BCUT2D eigenvalue weighted by atomic mass is 9.85. The second kappa shape index (κ2) is 6.68. The second-order valence-electron chi connectivity index (χ2n) is 5.55. The van der Waals surface area contributed by atoms with Crippen LogP contribution in [0.5, 0.6) is 0 Å². The van der Waals surface area contributed by atoms with E-state index in [2.05, 4.69) is 10.2 Å². The Morgan fingerprint density at radius 3 is 2.85 bits per heavy atom. The van der Waals surface area contributed by atoms with Crippen LogP contribution in [0.25, 0.3) is 0 Å². The normalized spacial score (nSPS) is 22.2.